The van der Waals surface area contributed by atoms with Gasteiger partial charge in [-0.2, -0.15) is 0 Å². The summed E-state index contributed by atoms with van der Waals surface area (Å²) in [5.41, 5.74) is 5.22. The van der Waals surface area contributed by atoms with Crippen LogP contribution in [-0.4, -0.2) is 16.1 Å². The van der Waals surface area contributed by atoms with E-state index in [1.54, 1.807) is 0 Å². The van der Waals surface area contributed by atoms with E-state index >= 15 is 0 Å². The molecule has 1 aromatic carbocycles. The van der Waals surface area contributed by atoms with E-state index in [-0.39, 0.29) is 0 Å². The maximum Gasteiger partial charge on any atom is 0.0772 e. The molecule has 0 saturated carbocycles. The predicted octanol–water partition coefficient (Wildman–Crippen LogP) is 3.75. The average molecular weight is 289 g/mol. The molecule has 20 heavy (non-hydrogen) atoms. The molecule has 2 rings (SSSR count). The number of benzene rings is 1. The average Bonchev–Trinajstić information content (AvgIpc) is 2.84. The lowest BCUT2D eigenvalue weighted by Crippen LogP contribution is -2.24. The van der Waals surface area contributed by atoms with Gasteiger partial charge >= 0.3 is 0 Å². The molecule has 0 aliphatic heterocycles. The third-order valence-electron chi connectivity index (χ3n) is 3.70. The molecule has 0 aliphatic rings. The number of nitrogens with zero attached hydrogens (tertiary/aromatic N) is 2. The Balaban J connectivity index is 2.26. The van der Waals surface area contributed by atoms with Crippen LogP contribution >= 0.6 is 11.5 Å². The minimum atomic E-state index is 0.315. The number of nitrogens with one attached hydrogen (secondary N) is 1. The highest BCUT2D eigenvalue weighted by Crippen LogP contribution is 2.26. The number of hydrogen-bond acceptors (Lipinski definition) is 4. The SMILES string of the molecule is CCCNC(Cc1c(C)cccc1C)c1snnc1C. The van der Waals surface area contributed by atoms with Gasteiger partial charge in [0, 0.05) is 6.04 Å². The molecule has 0 amide bonds. The molecule has 0 saturated heterocycles. The van der Waals surface area contributed by atoms with E-state index in [0.29, 0.717) is 6.04 Å². The van der Waals surface area contributed by atoms with Gasteiger partial charge in [-0.3, -0.25) is 0 Å². The molecule has 1 N–H and O–H groups in total. The lowest BCUT2D eigenvalue weighted by Gasteiger charge is -2.20. The van der Waals surface area contributed by atoms with Gasteiger partial charge in [0.2, 0.25) is 0 Å². The van der Waals surface area contributed by atoms with Crippen molar-refractivity contribution in [2.24, 2.45) is 0 Å². The largest absolute Gasteiger partial charge is 0.309 e. The van der Waals surface area contributed by atoms with Crippen LogP contribution in [-0.2, 0) is 6.42 Å². The number of hydrogen-bond donors (Lipinski definition) is 1. The number of aromatic nitrogens is 2. The van der Waals surface area contributed by atoms with E-state index in [1.807, 2.05) is 6.92 Å². The monoisotopic (exact) mass is 289 g/mol. The fourth-order valence-electron chi connectivity index (χ4n) is 2.51. The summed E-state index contributed by atoms with van der Waals surface area (Å²) in [7, 11) is 0. The zero-order chi connectivity index (χ0) is 14.5. The van der Waals surface area contributed by atoms with Gasteiger partial charge in [-0.25, -0.2) is 0 Å². The van der Waals surface area contributed by atoms with Crippen LogP contribution in [0.3, 0.4) is 0 Å². The summed E-state index contributed by atoms with van der Waals surface area (Å²) in [5.74, 6) is 0. The molecule has 108 valence electrons. The van der Waals surface area contributed by atoms with Crippen LogP contribution in [0.25, 0.3) is 0 Å². The van der Waals surface area contributed by atoms with Crippen LogP contribution < -0.4 is 5.32 Å². The van der Waals surface area contributed by atoms with Gasteiger partial charge in [0.15, 0.2) is 0 Å². The first-order chi connectivity index (χ1) is 9.63. The minimum Gasteiger partial charge on any atom is -0.309 e. The van der Waals surface area contributed by atoms with Gasteiger partial charge in [-0.15, -0.1) is 5.10 Å². The Morgan fingerprint density at radius 1 is 1.20 bits per heavy atom. The van der Waals surface area contributed by atoms with Crippen molar-refractivity contribution in [3.8, 4) is 0 Å². The van der Waals surface area contributed by atoms with E-state index in [1.165, 1.54) is 33.1 Å². The second kappa shape index (κ2) is 6.95. The highest BCUT2D eigenvalue weighted by Gasteiger charge is 2.18. The Labute approximate surface area is 125 Å². The molecule has 1 aromatic heterocycles. The molecular weight excluding hydrogens is 266 g/mol. The molecule has 1 unspecified atom stereocenters. The quantitative estimate of drug-likeness (QED) is 0.880. The normalized spacial score (nSPS) is 12.6. The van der Waals surface area contributed by atoms with Crippen molar-refractivity contribution in [2.45, 2.75) is 46.6 Å². The molecule has 3 nitrogen and oxygen atoms in total. The summed E-state index contributed by atoms with van der Waals surface area (Å²) in [6.45, 7) is 9.64. The minimum absolute atomic E-state index is 0.315. The molecule has 1 atom stereocenters. The first-order valence-corrected chi connectivity index (χ1v) is 7.98. The van der Waals surface area contributed by atoms with Gasteiger partial charge in [-0.05, 0) is 68.4 Å². The van der Waals surface area contributed by atoms with Gasteiger partial charge in [-0.1, -0.05) is 29.6 Å². The molecule has 0 bridgehead atoms. The summed E-state index contributed by atoms with van der Waals surface area (Å²) in [5, 5.41) is 7.81. The van der Waals surface area contributed by atoms with Crippen molar-refractivity contribution in [3.63, 3.8) is 0 Å². The maximum absolute atomic E-state index is 4.16. The highest BCUT2D eigenvalue weighted by molar-refractivity contribution is 7.05. The molecule has 0 spiro atoms. The molecule has 1 heterocycles. The Hall–Kier alpha value is -1.26. The predicted molar refractivity (Wildman–Crippen MR) is 85.3 cm³/mol. The van der Waals surface area contributed by atoms with Crippen LogP contribution in [0.4, 0.5) is 0 Å². The smallest absolute Gasteiger partial charge is 0.0772 e. The zero-order valence-electron chi connectivity index (χ0n) is 12.7. The van der Waals surface area contributed by atoms with E-state index < -0.39 is 0 Å². The van der Waals surface area contributed by atoms with Crippen LogP contribution in [0, 0.1) is 20.8 Å². The molecular formula is C16H23N3S. The lowest BCUT2D eigenvalue weighted by atomic mass is 9.95. The van der Waals surface area contributed by atoms with Crippen molar-refractivity contribution in [3.05, 3.63) is 45.5 Å². The first kappa shape index (κ1) is 15.1. The standard InChI is InChI=1S/C16H23N3S/c1-5-9-17-15(16-13(4)18-19-20-16)10-14-11(2)7-6-8-12(14)3/h6-8,15,17H,5,9-10H2,1-4H3. The fourth-order valence-corrected chi connectivity index (χ4v) is 3.23. The zero-order valence-corrected chi connectivity index (χ0v) is 13.5. The molecule has 4 heteroatoms. The summed E-state index contributed by atoms with van der Waals surface area (Å²) < 4.78 is 4.09. The number of rotatable bonds is 6. The van der Waals surface area contributed by atoms with Crippen LogP contribution in [0.2, 0.25) is 0 Å². The second-order valence-corrected chi connectivity index (χ2v) is 6.09. The third-order valence-corrected chi connectivity index (χ3v) is 4.64. The van der Waals surface area contributed by atoms with E-state index in [0.717, 1.165) is 25.1 Å². The molecule has 0 radical (unpaired) electrons. The molecule has 2 aromatic rings. The molecule has 0 aliphatic carbocycles. The lowest BCUT2D eigenvalue weighted by molar-refractivity contribution is 0.532. The first-order valence-electron chi connectivity index (χ1n) is 7.20. The third kappa shape index (κ3) is 3.44. The van der Waals surface area contributed by atoms with Crippen molar-refractivity contribution in [1.29, 1.82) is 0 Å². The van der Waals surface area contributed by atoms with Gasteiger partial charge in [0.05, 0.1) is 10.6 Å². The summed E-state index contributed by atoms with van der Waals surface area (Å²) in [6, 6.07) is 6.82. The Morgan fingerprint density at radius 3 is 2.45 bits per heavy atom. The second-order valence-electron chi connectivity index (χ2n) is 5.30. The van der Waals surface area contributed by atoms with E-state index in [2.05, 4.69) is 53.9 Å². The van der Waals surface area contributed by atoms with Crippen molar-refractivity contribution < 1.29 is 0 Å². The van der Waals surface area contributed by atoms with E-state index in [9.17, 15) is 0 Å². The maximum atomic E-state index is 4.16. The van der Waals surface area contributed by atoms with Crippen LogP contribution in [0.15, 0.2) is 18.2 Å². The van der Waals surface area contributed by atoms with Crippen molar-refractivity contribution in [1.82, 2.24) is 14.9 Å². The molecule has 0 fully saturated rings. The highest BCUT2D eigenvalue weighted by atomic mass is 32.1. The van der Waals surface area contributed by atoms with Gasteiger partial charge in [0.1, 0.15) is 0 Å². The van der Waals surface area contributed by atoms with Gasteiger partial charge in [0.25, 0.3) is 0 Å². The summed E-state index contributed by atoms with van der Waals surface area (Å²) in [4.78, 5) is 1.26. The van der Waals surface area contributed by atoms with Crippen molar-refractivity contribution in [2.75, 3.05) is 6.54 Å². The number of aryl methyl sites for hydroxylation is 3. The Morgan fingerprint density at radius 2 is 1.90 bits per heavy atom. The fraction of sp³-hybridized carbons (Fsp3) is 0.500. The Bertz CT molecular complexity index is 542. The Kier molecular flexibility index (Phi) is 5.26. The summed E-state index contributed by atoms with van der Waals surface area (Å²) >= 11 is 1.52. The summed E-state index contributed by atoms with van der Waals surface area (Å²) in [6.07, 6.45) is 2.14. The van der Waals surface area contributed by atoms with E-state index in [4.69, 9.17) is 0 Å². The van der Waals surface area contributed by atoms with Crippen LogP contribution in [0.5, 0.6) is 0 Å². The van der Waals surface area contributed by atoms with Crippen LogP contribution in [0.1, 0.15) is 46.6 Å². The van der Waals surface area contributed by atoms with Crippen molar-refractivity contribution >= 4 is 11.5 Å². The topological polar surface area (TPSA) is 37.8 Å². The van der Waals surface area contributed by atoms with Gasteiger partial charge < -0.3 is 5.32 Å².